The molecule has 0 aliphatic carbocycles. The summed E-state index contributed by atoms with van der Waals surface area (Å²) in [6.45, 7) is 1.51. The van der Waals surface area contributed by atoms with Gasteiger partial charge < -0.3 is 20.2 Å². The van der Waals surface area contributed by atoms with Gasteiger partial charge in [0.1, 0.15) is 0 Å². The first kappa shape index (κ1) is 17.9. The van der Waals surface area contributed by atoms with Crippen LogP contribution in [0.1, 0.15) is 23.8 Å². The van der Waals surface area contributed by atoms with E-state index in [1.165, 1.54) is 0 Å². The standard InChI is InChI=1S/C16H25N3O3S/c1-18(2)13(14-6-4-8-23-14)9-17-15(21)16(22)19-7-3-5-12(10-19)11-20/h4,6,8,12-13,20H,3,5,7,9-11H2,1-2H3,(H,17,21)/t12-,13-/m1/s1. The molecule has 1 aromatic heterocycles. The molecule has 1 saturated heterocycles. The number of likely N-dealkylation sites (N-methyl/N-ethyl adjacent to an activating group) is 1. The predicted octanol–water partition coefficient (Wildman–Crippen LogP) is 0.698. The molecule has 2 N–H and O–H groups in total. The maximum absolute atomic E-state index is 12.2. The molecule has 1 aromatic rings. The molecule has 0 radical (unpaired) electrons. The molecule has 2 rings (SSSR count). The number of nitrogens with zero attached hydrogens (tertiary/aromatic N) is 2. The Morgan fingerprint density at radius 3 is 2.91 bits per heavy atom. The van der Waals surface area contributed by atoms with E-state index in [-0.39, 0.29) is 18.6 Å². The Hall–Kier alpha value is -1.44. The highest BCUT2D eigenvalue weighted by Crippen LogP contribution is 2.22. The highest BCUT2D eigenvalue weighted by molar-refractivity contribution is 7.10. The van der Waals surface area contributed by atoms with Crippen LogP contribution < -0.4 is 5.32 Å². The van der Waals surface area contributed by atoms with Crippen molar-refractivity contribution in [2.45, 2.75) is 18.9 Å². The van der Waals surface area contributed by atoms with E-state index in [0.717, 1.165) is 17.7 Å². The minimum Gasteiger partial charge on any atom is -0.396 e. The average molecular weight is 339 g/mol. The van der Waals surface area contributed by atoms with Crippen LogP contribution in [-0.4, -0.2) is 67.1 Å². The van der Waals surface area contributed by atoms with Gasteiger partial charge in [0.25, 0.3) is 0 Å². The molecule has 1 fully saturated rings. The molecule has 0 bridgehead atoms. The van der Waals surface area contributed by atoms with E-state index < -0.39 is 11.8 Å². The average Bonchev–Trinajstić information content (AvgIpc) is 3.08. The van der Waals surface area contributed by atoms with Crippen molar-refractivity contribution >= 4 is 23.2 Å². The molecule has 2 heterocycles. The molecule has 128 valence electrons. The van der Waals surface area contributed by atoms with Crippen LogP contribution in [-0.2, 0) is 9.59 Å². The Labute approximate surface area is 141 Å². The first-order chi connectivity index (χ1) is 11.0. The van der Waals surface area contributed by atoms with E-state index in [1.54, 1.807) is 16.2 Å². The van der Waals surface area contributed by atoms with Crippen molar-refractivity contribution in [3.05, 3.63) is 22.4 Å². The van der Waals surface area contributed by atoms with Crippen LogP contribution in [0.3, 0.4) is 0 Å². The Kier molecular flexibility index (Phi) is 6.56. The highest BCUT2D eigenvalue weighted by atomic mass is 32.1. The minimum absolute atomic E-state index is 0.0540. The number of hydrogen-bond donors (Lipinski definition) is 2. The van der Waals surface area contributed by atoms with Crippen molar-refractivity contribution in [1.29, 1.82) is 0 Å². The van der Waals surface area contributed by atoms with Crippen LogP contribution in [0, 0.1) is 5.92 Å². The van der Waals surface area contributed by atoms with Crippen LogP contribution in [0.15, 0.2) is 17.5 Å². The summed E-state index contributed by atoms with van der Waals surface area (Å²) in [6.07, 6.45) is 1.74. The molecule has 0 saturated carbocycles. The number of likely N-dealkylation sites (tertiary alicyclic amines) is 1. The molecular formula is C16H25N3O3S. The Balaban J connectivity index is 1.89. The fourth-order valence-corrected chi connectivity index (χ4v) is 3.75. The van der Waals surface area contributed by atoms with Crippen LogP contribution in [0.25, 0.3) is 0 Å². The summed E-state index contributed by atoms with van der Waals surface area (Å²) in [4.78, 5) is 29.1. The van der Waals surface area contributed by atoms with Gasteiger partial charge in [0.2, 0.25) is 0 Å². The van der Waals surface area contributed by atoms with Gasteiger partial charge in [-0.25, -0.2) is 0 Å². The van der Waals surface area contributed by atoms with E-state index in [1.807, 2.05) is 36.5 Å². The van der Waals surface area contributed by atoms with Gasteiger partial charge in [0.15, 0.2) is 0 Å². The maximum Gasteiger partial charge on any atom is 0.311 e. The SMILES string of the molecule is CN(C)[C@H](CNC(=O)C(=O)N1CCC[C@@H](CO)C1)c1cccs1. The molecule has 23 heavy (non-hydrogen) atoms. The molecule has 0 aromatic carbocycles. The minimum atomic E-state index is -0.563. The van der Waals surface area contributed by atoms with Crippen molar-refractivity contribution in [3.8, 4) is 0 Å². The molecule has 6 nitrogen and oxygen atoms in total. The zero-order chi connectivity index (χ0) is 16.8. The van der Waals surface area contributed by atoms with E-state index in [4.69, 9.17) is 0 Å². The Bertz CT molecular complexity index is 519. The van der Waals surface area contributed by atoms with Gasteiger partial charge in [0, 0.05) is 31.1 Å². The number of aliphatic hydroxyl groups is 1. The second-order valence-corrected chi connectivity index (χ2v) is 7.13. The van der Waals surface area contributed by atoms with E-state index in [9.17, 15) is 14.7 Å². The third kappa shape index (κ3) is 4.76. The number of carbonyl (C=O) groups is 2. The van der Waals surface area contributed by atoms with Crippen LogP contribution in [0.2, 0.25) is 0 Å². The number of amides is 2. The van der Waals surface area contributed by atoms with Crippen molar-refractivity contribution in [1.82, 2.24) is 15.1 Å². The fraction of sp³-hybridized carbons (Fsp3) is 0.625. The van der Waals surface area contributed by atoms with Crippen molar-refractivity contribution in [2.24, 2.45) is 5.92 Å². The number of rotatable bonds is 5. The number of thiophene rings is 1. The quantitative estimate of drug-likeness (QED) is 0.775. The lowest BCUT2D eigenvalue weighted by Gasteiger charge is -2.31. The van der Waals surface area contributed by atoms with E-state index >= 15 is 0 Å². The number of nitrogens with one attached hydrogen (secondary N) is 1. The summed E-state index contributed by atoms with van der Waals surface area (Å²) >= 11 is 1.63. The summed E-state index contributed by atoms with van der Waals surface area (Å²) in [5.41, 5.74) is 0. The molecule has 0 spiro atoms. The molecule has 0 unspecified atom stereocenters. The second-order valence-electron chi connectivity index (χ2n) is 6.15. The van der Waals surface area contributed by atoms with Gasteiger partial charge in [-0.1, -0.05) is 6.07 Å². The number of piperidine rings is 1. The Morgan fingerprint density at radius 1 is 1.52 bits per heavy atom. The molecule has 2 amide bonds. The molecule has 1 aliphatic heterocycles. The number of aliphatic hydroxyl groups excluding tert-OH is 1. The van der Waals surface area contributed by atoms with Crippen molar-refractivity contribution in [2.75, 3.05) is 40.3 Å². The van der Waals surface area contributed by atoms with Gasteiger partial charge in [0.05, 0.1) is 6.04 Å². The normalized spacial score (nSPS) is 19.7. The fourth-order valence-electron chi connectivity index (χ4n) is 2.83. The number of hydrogen-bond acceptors (Lipinski definition) is 5. The van der Waals surface area contributed by atoms with Crippen LogP contribution in [0.5, 0.6) is 0 Å². The zero-order valence-electron chi connectivity index (χ0n) is 13.7. The van der Waals surface area contributed by atoms with Gasteiger partial charge in [-0.05, 0) is 44.3 Å². The lowest BCUT2D eigenvalue weighted by molar-refractivity contribution is -0.147. The Morgan fingerprint density at radius 2 is 2.30 bits per heavy atom. The molecule has 2 atom stereocenters. The van der Waals surface area contributed by atoms with Gasteiger partial charge in [-0.15, -0.1) is 11.3 Å². The topological polar surface area (TPSA) is 72.9 Å². The summed E-state index contributed by atoms with van der Waals surface area (Å²) in [5.74, 6) is -0.972. The highest BCUT2D eigenvalue weighted by Gasteiger charge is 2.28. The van der Waals surface area contributed by atoms with Gasteiger partial charge in [-0.3, -0.25) is 9.59 Å². The number of carbonyl (C=O) groups excluding carboxylic acids is 2. The smallest absolute Gasteiger partial charge is 0.311 e. The maximum atomic E-state index is 12.2. The monoisotopic (exact) mass is 339 g/mol. The lowest BCUT2D eigenvalue weighted by atomic mass is 9.99. The summed E-state index contributed by atoms with van der Waals surface area (Å²) < 4.78 is 0. The largest absolute Gasteiger partial charge is 0.396 e. The molecule has 1 aliphatic rings. The first-order valence-electron chi connectivity index (χ1n) is 7.90. The van der Waals surface area contributed by atoms with Gasteiger partial charge >= 0.3 is 11.8 Å². The molecule has 7 heteroatoms. The third-order valence-electron chi connectivity index (χ3n) is 4.21. The predicted molar refractivity (Wildman–Crippen MR) is 90.1 cm³/mol. The summed E-state index contributed by atoms with van der Waals surface area (Å²) in [5, 5.41) is 14.0. The first-order valence-corrected chi connectivity index (χ1v) is 8.78. The van der Waals surface area contributed by atoms with Crippen LogP contribution >= 0.6 is 11.3 Å². The second kappa shape index (κ2) is 8.42. The van der Waals surface area contributed by atoms with E-state index in [0.29, 0.717) is 19.6 Å². The summed E-state index contributed by atoms with van der Waals surface area (Å²) in [6, 6.07) is 4.06. The molecular weight excluding hydrogens is 314 g/mol. The third-order valence-corrected chi connectivity index (χ3v) is 5.18. The van der Waals surface area contributed by atoms with Crippen molar-refractivity contribution < 1.29 is 14.7 Å². The van der Waals surface area contributed by atoms with Gasteiger partial charge in [-0.2, -0.15) is 0 Å². The van der Waals surface area contributed by atoms with Crippen molar-refractivity contribution in [3.63, 3.8) is 0 Å². The van der Waals surface area contributed by atoms with Crippen LogP contribution in [0.4, 0.5) is 0 Å². The lowest BCUT2D eigenvalue weighted by Crippen LogP contribution is -2.48. The van der Waals surface area contributed by atoms with E-state index in [2.05, 4.69) is 5.32 Å². The zero-order valence-corrected chi connectivity index (χ0v) is 14.5. The summed E-state index contributed by atoms with van der Waals surface area (Å²) in [7, 11) is 3.91.